The van der Waals surface area contributed by atoms with Crippen LogP contribution in [0.3, 0.4) is 0 Å². The molecule has 0 heteroatoms. The second-order valence-corrected chi connectivity index (χ2v) is 5.96. The quantitative estimate of drug-likeness (QED) is 0.467. The Morgan fingerprint density at radius 2 is 1.70 bits per heavy atom. The van der Waals surface area contributed by atoms with E-state index >= 15 is 0 Å². The maximum absolute atomic E-state index is 2.30. The average Bonchev–Trinajstić information content (AvgIpc) is 2.59. The van der Waals surface area contributed by atoms with Crippen molar-refractivity contribution in [1.29, 1.82) is 0 Å². The van der Waals surface area contributed by atoms with E-state index in [9.17, 15) is 0 Å². The number of benzene rings is 3. The molecule has 114 valence electrons. The van der Waals surface area contributed by atoms with Crippen molar-refractivity contribution >= 4 is 16.3 Å². The maximum atomic E-state index is 2.30. The summed E-state index contributed by atoms with van der Waals surface area (Å²) in [6.07, 6.45) is 6.35. The van der Waals surface area contributed by atoms with E-state index in [1.807, 2.05) is 6.92 Å². The fraction of sp³-hybridized carbons (Fsp3) is 0.130. The Hall–Kier alpha value is -2.60. The summed E-state index contributed by atoms with van der Waals surface area (Å²) < 4.78 is 0. The first-order valence-corrected chi connectivity index (χ1v) is 8.09. The molecule has 0 nitrogen and oxygen atoms in total. The molecule has 0 bridgehead atoms. The van der Waals surface area contributed by atoms with Crippen LogP contribution in [0.4, 0.5) is 0 Å². The van der Waals surface area contributed by atoms with Crippen molar-refractivity contribution < 1.29 is 0 Å². The van der Waals surface area contributed by atoms with E-state index in [-0.39, 0.29) is 0 Å². The first-order valence-electron chi connectivity index (χ1n) is 8.09. The molecule has 0 heterocycles. The molecule has 3 aromatic carbocycles. The van der Waals surface area contributed by atoms with Crippen molar-refractivity contribution in [3.8, 4) is 11.1 Å². The molecule has 23 heavy (non-hydrogen) atoms. The molecule has 0 saturated heterocycles. The highest BCUT2D eigenvalue weighted by Gasteiger charge is 2.10. The third-order valence-corrected chi connectivity index (χ3v) is 4.17. The molecule has 0 spiro atoms. The first-order chi connectivity index (χ1) is 11.2. The molecule has 0 N–H and O–H groups in total. The zero-order valence-corrected chi connectivity index (χ0v) is 14.0. The Morgan fingerprint density at radius 3 is 2.43 bits per heavy atom. The van der Waals surface area contributed by atoms with E-state index in [1.54, 1.807) is 0 Å². The van der Waals surface area contributed by atoms with Crippen molar-refractivity contribution in [1.82, 2.24) is 0 Å². The topological polar surface area (TPSA) is 0 Å². The summed E-state index contributed by atoms with van der Waals surface area (Å²) in [6, 6.07) is 21.8. The molecule has 0 aromatic heterocycles. The lowest BCUT2D eigenvalue weighted by molar-refractivity contribution is 1.49. The molecule has 0 aliphatic heterocycles. The van der Waals surface area contributed by atoms with Crippen LogP contribution in [0.1, 0.15) is 25.0 Å². The van der Waals surface area contributed by atoms with Gasteiger partial charge in [-0.3, -0.25) is 0 Å². The Bertz CT molecular complexity index is 881. The summed E-state index contributed by atoms with van der Waals surface area (Å²) in [5.41, 5.74) is 6.47. The SMILES string of the molecule is C/C=C/C=C(\C)c1cccc2cc(C)cc(-c3ccccc3)c12. The van der Waals surface area contributed by atoms with Gasteiger partial charge in [-0.15, -0.1) is 0 Å². The first kappa shape index (κ1) is 15.3. The van der Waals surface area contributed by atoms with Gasteiger partial charge in [0.05, 0.1) is 0 Å². The standard InChI is InChI=1S/C23H22/c1-4-5-10-18(3)21-14-9-13-20-15-17(2)16-22(23(20)21)19-11-7-6-8-12-19/h4-16H,1-3H3/b5-4+,18-10+. The molecule has 3 rings (SSSR count). The van der Waals surface area contributed by atoms with Crippen LogP contribution in [0.25, 0.3) is 27.5 Å². The molecule has 0 amide bonds. The molecule has 0 saturated carbocycles. The largest absolute Gasteiger partial charge is 0.0877 e. The van der Waals surface area contributed by atoms with Gasteiger partial charge in [-0.25, -0.2) is 0 Å². The third kappa shape index (κ3) is 3.12. The Labute approximate surface area is 138 Å². The van der Waals surface area contributed by atoms with Crippen LogP contribution in [0.2, 0.25) is 0 Å². The van der Waals surface area contributed by atoms with Gasteiger partial charge in [-0.2, -0.15) is 0 Å². The second-order valence-electron chi connectivity index (χ2n) is 5.96. The molecular formula is C23H22. The summed E-state index contributed by atoms with van der Waals surface area (Å²) in [6.45, 7) is 6.40. The van der Waals surface area contributed by atoms with Gasteiger partial charge in [-0.05, 0) is 59.4 Å². The highest BCUT2D eigenvalue weighted by atomic mass is 14.1. The predicted molar refractivity (Wildman–Crippen MR) is 103 cm³/mol. The van der Waals surface area contributed by atoms with Crippen LogP contribution < -0.4 is 0 Å². The van der Waals surface area contributed by atoms with Gasteiger partial charge >= 0.3 is 0 Å². The molecule has 0 fully saturated rings. The summed E-state index contributed by atoms with van der Waals surface area (Å²) in [5.74, 6) is 0. The van der Waals surface area contributed by atoms with Crippen LogP contribution in [-0.4, -0.2) is 0 Å². The zero-order valence-electron chi connectivity index (χ0n) is 14.0. The lowest BCUT2D eigenvalue weighted by Gasteiger charge is -2.14. The van der Waals surface area contributed by atoms with Crippen LogP contribution >= 0.6 is 0 Å². The van der Waals surface area contributed by atoms with E-state index in [1.165, 1.54) is 38.6 Å². The number of hydrogen-bond donors (Lipinski definition) is 0. The van der Waals surface area contributed by atoms with Crippen molar-refractivity contribution in [3.63, 3.8) is 0 Å². The summed E-state index contributed by atoms with van der Waals surface area (Å²) in [4.78, 5) is 0. The van der Waals surface area contributed by atoms with Gasteiger partial charge < -0.3 is 0 Å². The number of fused-ring (bicyclic) bond motifs is 1. The molecule has 0 aliphatic carbocycles. The third-order valence-electron chi connectivity index (χ3n) is 4.17. The number of allylic oxidation sites excluding steroid dienone is 4. The highest BCUT2D eigenvalue weighted by Crippen LogP contribution is 2.35. The molecular weight excluding hydrogens is 276 g/mol. The summed E-state index contributed by atoms with van der Waals surface area (Å²) in [5, 5.41) is 2.64. The summed E-state index contributed by atoms with van der Waals surface area (Å²) >= 11 is 0. The minimum absolute atomic E-state index is 1.27. The normalized spacial score (nSPS) is 12.2. The molecule has 0 atom stereocenters. The summed E-state index contributed by atoms with van der Waals surface area (Å²) in [7, 11) is 0. The van der Waals surface area contributed by atoms with Crippen LogP contribution in [-0.2, 0) is 0 Å². The molecule has 3 aromatic rings. The van der Waals surface area contributed by atoms with Gasteiger partial charge in [0.15, 0.2) is 0 Å². The minimum atomic E-state index is 1.27. The number of aryl methyl sites for hydroxylation is 1. The van der Waals surface area contributed by atoms with Crippen molar-refractivity contribution in [2.75, 3.05) is 0 Å². The fourth-order valence-electron chi connectivity index (χ4n) is 3.08. The van der Waals surface area contributed by atoms with Gasteiger partial charge in [0.1, 0.15) is 0 Å². The number of hydrogen-bond acceptors (Lipinski definition) is 0. The predicted octanol–water partition coefficient (Wildman–Crippen LogP) is 6.79. The van der Waals surface area contributed by atoms with Gasteiger partial charge in [-0.1, -0.05) is 78.9 Å². The van der Waals surface area contributed by atoms with Crippen molar-refractivity contribution in [2.45, 2.75) is 20.8 Å². The van der Waals surface area contributed by atoms with E-state index < -0.39 is 0 Å². The fourth-order valence-corrected chi connectivity index (χ4v) is 3.08. The lowest BCUT2D eigenvalue weighted by atomic mass is 9.90. The lowest BCUT2D eigenvalue weighted by Crippen LogP contribution is -1.89. The van der Waals surface area contributed by atoms with Gasteiger partial charge in [0, 0.05) is 0 Å². The van der Waals surface area contributed by atoms with Crippen LogP contribution in [0, 0.1) is 6.92 Å². The van der Waals surface area contributed by atoms with Gasteiger partial charge in [0.2, 0.25) is 0 Å². The van der Waals surface area contributed by atoms with E-state index in [0.717, 1.165) is 0 Å². The van der Waals surface area contributed by atoms with Crippen molar-refractivity contribution in [2.24, 2.45) is 0 Å². The van der Waals surface area contributed by atoms with Gasteiger partial charge in [0.25, 0.3) is 0 Å². The Kier molecular flexibility index (Phi) is 4.43. The number of rotatable bonds is 3. The second kappa shape index (κ2) is 6.66. The van der Waals surface area contributed by atoms with Crippen molar-refractivity contribution in [3.05, 3.63) is 90.0 Å². The Morgan fingerprint density at radius 1 is 0.913 bits per heavy atom. The van der Waals surface area contributed by atoms with E-state index in [4.69, 9.17) is 0 Å². The average molecular weight is 298 g/mol. The Balaban J connectivity index is 2.35. The molecule has 0 radical (unpaired) electrons. The van der Waals surface area contributed by atoms with Crippen LogP contribution in [0.15, 0.2) is 78.9 Å². The van der Waals surface area contributed by atoms with E-state index in [0.29, 0.717) is 0 Å². The molecule has 0 aliphatic rings. The van der Waals surface area contributed by atoms with E-state index in [2.05, 4.69) is 92.7 Å². The molecule has 0 unspecified atom stereocenters. The highest BCUT2D eigenvalue weighted by molar-refractivity contribution is 6.04. The monoisotopic (exact) mass is 298 g/mol. The maximum Gasteiger partial charge on any atom is -0.00300 e. The smallest absolute Gasteiger partial charge is 0.00300 e. The van der Waals surface area contributed by atoms with Crippen LogP contribution in [0.5, 0.6) is 0 Å². The minimum Gasteiger partial charge on any atom is -0.0877 e. The zero-order chi connectivity index (χ0) is 16.2.